The maximum absolute atomic E-state index is 12.3. The monoisotopic (exact) mass is 296 g/mol. The molecule has 1 saturated carbocycles. The molecule has 0 bridgehead atoms. The molecule has 0 aromatic heterocycles. The zero-order valence-corrected chi connectivity index (χ0v) is 13.2. The number of likely N-dealkylation sites (tertiary alicyclic amines) is 1. The first-order valence-corrected chi connectivity index (χ1v) is 8.17. The van der Waals surface area contributed by atoms with Gasteiger partial charge >= 0.3 is 12.0 Å². The molecule has 0 aromatic carbocycles. The van der Waals surface area contributed by atoms with E-state index in [0.29, 0.717) is 25.4 Å². The average molecular weight is 296 g/mol. The molecule has 21 heavy (non-hydrogen) atoms. The van der Waals surface area contributed by atoms with E-state index < -0.39 is 11.9 Å². The Morgan fingerprint density at radius 1 is 1.33 bits per heavy atom. The van der Waals surface area contributed by atoms with E-state index in [-0.39, 0.29) is 11.4 Å². The number of hydrogen-bond acceptors (Lipinski definition) is 2. The molecule has 120 valence electrons. The summed E-state index contributed by atoms with van der Waals surface area (Å²) >= 11 is 0. The van der Waals surface area contributed by atoms with E-state index in [4.69, 9.17) is 5.11 Å². The largest absolute Gasteiger partial charge is 0.481 e. The number of piperidine rings is 1. The molecular weight excluding hydrogens is 268 g/mol. The Morgan fingerprint density at radius 3 is 2.57 bits per heavy atom. The molecule has 0 aromatic rings. The normalized spacial score (nSPS) is 24.5. The lowest BCUT2D eigenvalue weighted by Gasteiger charge is -2.44. The van der Waals surface area contributed by atoms with Crippen LogP contribution in [0.2, 0.25) is 0 Å². The topological polar surface area (TPSA) is 69.6 Å². The minimum Gasteiger partial charge on any atom is -0.481 e. The van der Waals surface area contributed by atoms with Crippen molar-refractivity contribution < 1.29 is 14.7 Å². The van der Waals surface area contributed by atoms with Crippen molar-refractivity contribution in [2.45, 2.75) is 52.4 Å². The van der Waals surface area contributed by atoms with E-state index in [0.717, 1.165) is 19.4 Å². The van der Waals surface area contributed by atoms with Crippen molar-refractivity contribution in [3.63, 3.8) is 0 Å². The molecule has 1 atom stereocenters. The van der Waals surface area contributed by atoms with E-state index >= 15 is 0 Å². The smallest absolute Gasteiger partial charge is 0.317 e. The number of amides is 2. The molecule has 0 radical (unpaired) electrons. The predicted molar refractivity (Wildman–Crippen MR) is 81.1 cm³/mol. The van der Waals surface area contributed by atoms with Crippen molar-refractivity contribution >= 4 is 12.0 Å². The summed E-state index contributed by atoms with van der Waals surface area (Å²) in [7, 11) is 0. The van der Waals surface area contributed by atoms with Gasteiger partial charge in [-0.05, 0) is 43.4 Å². The van der Waals surface area contributed by atoms with Crippen LogP contribution in [0.4, 0.5) is 4.79 Å². The van der Waals surface area contributed by atoms with Crippen molar-refractivity contribution in [3.05, 3.63) is 0 Å². The van der Waals surface area contributed by atoms with Gasteiger partial charge in [0.15, 0.2) is 0 Å². The van der Waals surface area contributed by atoms with Crippen molar-refractivity contribution in [2.24, 2.45) is 17.3 Å². The molecule has 1 aliphatic carbocycles. The van der Waals surface area contributed by atoms with Crippen LogP contribution in [0.15, 0.2) is 0 Å². The van der Waals surface area contributed by atoms with E-state index in [1.165, 1.54) is 19.3 Å². The third kappa shape index (κ3) is 4.11. The van der Waals surface area contributed by atoms with Gasteiger partial charge in [0, 0.05) is 19.6 Å². The van der Waals surface area contributed by atoms with Crippen LogP contribution in [0.25, 0.3) is 0 Å². The number of hydrogen-bond donors (Lipinski definition) is 2. The number of aliphatic carboxylic acids is 1. The van der Waals surface area contributed by atoms with Crippen LogP contribution in [0.1, 0.15) is 52.4 Å². The molecule has 2 N–H and O–H groups in total. The second kappa shape index (κ2) is 6.67. The molecule has 2 amide bonds. The average Bonchev–Trinajstić information content (AvgIpc) is 2.41. The highest BCUT2D eigenvalue weighted by molar-refractivity contribution is 5.76. The molecule has 1 aliphatic heterocycles. The summed E-state index contributed by atoms with van der Waals surface area (Å²) in [5.41, 5.74) is 0.284. The predicted octanol–water partition coefficient (Wildman–Crippen LogP) is 2.71. The molecule has 0 spiro atoms. The van der Waals surface area contributed by atoms with Crippen LogP contribution in [0, 0.1) is 17.3 Å². The lowest BCUT2D eigenvalue weighted by molar-refractivity contribution is -0.143. The van der Waals surface area contributed by atoms with Crippen molar-refractivity contribution in [3.8, 4) is 0 Å². The minimum atomic E-state index is -0.789. The van der Waals surface area contributed by atoms with Crippen LogP contribution < -0.4 is 5.32 Å². The highest BCUT2D eigenvalue weighted by Gasteiger charge is 2.38. The van der Waals surface area contributed by atoms with E-state index in [1.807, 2.05) is 0 Å². The van der Waals surface area contributed by atoms with Crippen molar-refractivity contribution in [2.75, 3.05) is 19.6 Å². The third-order valence-corrected chi connectivity index (χ3v) is 4.93. The molecule has 2 rings (SSSR count). The molecule has 1 saturated heterocycles. The molecular formula is C16H28N2O3. The lowest BCUT2D eigenvalue weighted by Crippen LogP contribution is -2.50. The van der Waals surface area contributed by atoms with Crippen molar-refractivity contribution in [1.82, 2.24) is 10.2 Å². The van der Waals surface area contributed by atoms with E-state index in [9.17, 15) is 9.59 Å². The molecule has 5 heteroatoms. The van der Waals surface area contributed by atoms with Crippen LogP contribution in [0.3, 0.4) is 0 Å². The number of nitrogens with zero attached hydrogens (tertiary/aromatic N) is 1. The molecule has 2 aliphatic rings. The Bertz CT molecular complexity index is 391. The lowest BCUT2D eigenvalue weighted by atomic mass is 9.64. The van der Waals surface area contributed by atoms with E-state index in [2.05, 4.69) is 19.2 Å². The Kier molecular flexibility index (Phi) is 5.12. The van der Waals surface area contributed by atoms with Crippen molar-refractivity contribution in [1.29, 1.82) is 0 Å². The number of nitrogens with one attached hydrogen (secondary N) is 1. The summed E-state index contributed by atoms with van der Waals surface area (Å²) in [5.74, 6) is -0.547. The van der Waals surface area contributed by atoms with Crippen LogP contribution in [-0.2, 0) is 4.79 Å². The fourth-order valence-electron chi connectivity index (χ4n) is 3.73. The van der Waals surface area contributed by atoms with Gasteiger partial charge in [0.25, 0.3) is 0 Å². The number of urea groups is 1. The molecule has 5 nitrogen and oxygen atoms in total. The number of rotatable bonds is 5. The van der Waals surface area contributed by atoms with Gasteiger partial charge in [-0.1, -0.05) is 20.3 Å². The molecule has 1 unspecified atom stereocenters. The number of carboxylic acid groups (broad SMARTS) is 1. The van der Waals surface area contributed by atoms with Gasteiger partial charge in [-0.3, -0.25) is 4.79 Å². The summed E-state index contributed by atoms with van der Waals surface area (Å²) in [4.78, 5) is 25.0. The maximum Gasteiger partial charge on any atom is 0.317 e. The van der Waals surface area contributed by atoms with E-state index in [1.54, 1.807) is 4.90 Å². The van der Waals surface area contributed by atoms with Gasteiger partial charge in [0.1, 0.15) is 0 Å². The second-order valence-electron chi connectivity index (χ2n) is 7.23. The highest BCUT2D eigenvalue weighted by Crippen LogP contribution is 2.45. The summed E-state index contributed by atoms with van der Waals surface area (Å²) in [6, 6.07) is -0.0871. The van der Waals surface area contributed by atoms with Gasteiger partial charge in [0.05, 0.1) is 5.92 Å². The first-order valence-electron chi connectivity index (χ1n) is 8.17. The standard InChI is InChI=1S/C16H28N2O3/c1-12(2)9-16(6-4-7-16)11-17-15(21)18-8-3-5-13(10-18)14(19)20/h12-13H,3-11H2,1-2H3,(H,17,21)(H,19,20). The summed E-state index contributed by atoms with van der Waals surface area (Å²) in [5, 5.41) is 12.1. The number of carboxylic acids is 1. The Balaban J connectivity index is 1.82. The van der Waals surface area contributed by atoms with Crippen LogP contribution >= 0.6 is 0 Å². The third-order valence-electron chi connectivity index (χ3n) is 4.93. The fourth-order valence-corrected chi connectivity index (χ4v) is 3.73. The van der Waals surface area contributed by atoms with Gasteiger partial charge in [0.2, 0.25) is 0 Å². The van der Waals surface area contributed by atoms with Gasteiger partial charge in [-0.2, -0.15) is 0 Å². The Hall–Kier alpha value is -1.26. The van der Waals surface area contributed by atoms with Gasteiger partial charge in [-0.25, -0.2) is 4.79 Å². The SMILES string of the molecule is CC(C)CC1(CNC(=O)N2CCCC(C(=O)O)C2)CCC1. The second-order valence-corrected chi connectivity index (χ2v) is 7.23. The fraction of sp³-hybridized carbons (Fsp3) is 0.875. The summed E-state index contributed by atoms with van der Waals surface area (Å²) < 4.78 is 0. The van der Waals surface area contributed by atoms with Crippen LogP contribution in [0.5, 0.6) is 0 Å². The Morgan fingerprint density at radius 2 is 2.05 bits per heavy atom. The zero-order valence-electron chi connectivity index (χ0n) is 13.2. The van der Waals surface area contributed by atoms with Gasteiger partial charge in [-0.15, -0.1) is 0 Å². The van der Waals surface area contributed by atoms with Gasteiger partial charge < -0.3 is 15.3 Å². The first kappa shape index (κ1) is 16.1. The molecule has 2 fully saturated rings. The Labute approximate surface area is 127 Å². The minimum absolute atomic E-state index is 0.0871. The first-order chi connectivity index (χ1) is 9.92. The highest BCUT2D eigenvalue weighted by atomic mass is 16.4. The zero-order chi connectivity index (χ0) is 15.5. The summed E-state index contributed by atoms with van der Waals surface area (Å²) in [6.07, 6.45) is 6.27. The number of carbonyl (C=O) groups excluding carboxylic acids is 1. The molecule has 1 heterocycles. The summed E-state index contributed by atoms with van der Waals surface area (Å²) in [6.45, 7) is 6.21. The quantitative estimate of drug-likeness (QED) is 0.819. The number of carbonyl (C=O) groups is 2. The van der Waals surface area contributed by atoms with Crippen LogP contribution in [-0.4, -0.2) is 41.6 Å². The maximum atomic E-state index is 12.3.